The van der Waals surface area contributed by atoms with Gasteiger partial charge in [0.2, 0.25) is 5.91 Å². The summed E-state index contributed by atoms with van der Waals surface area (Å²) >= 11 is 0. The van der Waals surface area contributed by atoms with E-state index in [2.05, 4.69) is 16.5 Å². The molecule has 1 aromatic heterocycles. The van der Waals surface area contributed by atoms with Gasteiger partial charge in [0, 0.05) is 6.92 Å². The molecule has 0 bridgehead atoms. The van der Waals surface area contributed by atoms with Crippen LogP contribution in [0.3, 0.4) is 0 Å². The molecule has 1 aromatic rings. The first-order chi connectivity index (χ1) is 4.79. The van der Waals surface area contributed by atoms with Crippen LogP contribution in [0.2, 0.25) is 0 Å². The summed E-state index contributed by atoms with van der Waals surface area (Å²) in [7, 11) is 0. The highest BCUT2D eigenvalue weighted by Gasteiger charge is 1.91. The van der Waals surface area contributed by atoms with Crippen LogP contribution >= 0.6 is 0 Å². The van der Waals surface area contributed by atoms with Crippen LogP contribution < -0.4 is 5.32 Å². The van der Waals surface area contributed by atoms with Gasteiger partial charge < -0.3 is 5.32 Å². The van der Waals surface area contributed by atoms with Crippen LogP contribution in [-0.2, 0) is 4.79 Å². The van der Waals surface area contributed by atoms with E-state index < -0.39 is 0 Å². The quantitative estimate of drug-likeness (QED) is 0.620. The lowest BCUT2D eigenvalue weighted by atomic mass is 10.4. The minimum absolute atomic E-state index is 0.0898. The molecule has 0 spiro atoms. The molecule has 0 saturated heterocycles. The van der Waals surface area contributed by atoms with E-state index in [-0.39, 0.29) is 5.91 Å². The Morgan fingerprint density at radius 1 is 1.80 bits per heavy atom. The minimum Gasteiger partial charge on any atom is -0.325 e. The van der Waals surface area contributed by atoms with Crippen molar-refractivity contribution in [2.24, 2.45) is 0 Å². The second-order valence-corrected chi connectivity index (χ2v) is 1.86. The number of amides is 1. The van der Waals surface area contributed by atoms with Crippen molar-refractivity contribution >= 4 is 11.6 Å². The predicted octanol–water partition coefficient (Wildman–Crippen LogP) is 0.840. The monoisotopic (exact) mass is 135 g/mol. The third kappa shape index (κ3) is 1.85. The van der Waals surface area contributed by atoms with Gasteiger partial charge in [-0.25, -0.2) is 0 Å². The molecular weight excluding hydrogens is 128 g/mol. The number of carbonyl (C=O) groups is 1. The fourth-order valence-electron chi connectivity index (χ4n) is 0.597. The number of rotatable bonds is 1. The SMILES string of the molecule is CC(=O)Nc1cc[c]nc1. The topological polar surface area (TPSA) is 42.0 Å². The number of hydrogen-bond donors (Lipinski definition) is 1. The molecule has 0 atom stereocenters. The molecule has 1 rings (SSSR count). The van der Waals surface area contributed by atoms with Gasteiger partial charge in [-0.2, -0.15) is 0 Å². The first kappa shape index (κ1) is 6.74. The molecule has 1 radical (unpaired) electrons. The van der Waals surface area contributed by atoms with Crippen molar-refractivity contribution in [1.82, 2.24) is 4.98 Å². The summed E-state index contributed by atoms with van der Waals surface area (Å²) in [6.45, 7) is 1.46. The molecule has 1 heterocycles. The molecule has 1 amide bonds. The zero-order chi connectivity index (χ0) is 7.40. The van der Waals surface area contributed by atoms with E-state index in [0.717, 1.165) is 0 Å². The van der Waals surface area contributed by atoms with Gasteiger partial charge in [-0.3, -0.25) is 9.78 Å². The smallest absolute Gasteiger partial charge is 0.221 e. The summed E-state index contributed by atoms with van der Waals surface area (Å²) in [5, 5.41) is 2.58. The highest BCUT2D eigenvalue weighted by molar-refractivity contribution is 5.88. The molecule has 0 unspecified atom stereocenters. The lowest BCUT2D eigenvalue weighted by molar-refractivity contribution is -0.114. The van der Waals surface area contributed by atoms with Crippen LogP contribution in [-0.4, -0.2) is 10.9 Å². The third-order valence-corrected chi connectivity index (χ3v) is 0.936. The highest BCUT2D eigenvalue weighted by atomic mass is 16.1. The maximum Gasteiger partial charge on any atom is 0.221 e. The zero-order valence-electron chi connectivity index (χ0n) is 5.59. The molecule has 3 heteroatoms. The van der Waals surface area contributed by atoms with Crippen LogP contribution in [0.1, 0.15) is 6.92 Å². The molecule has 10 heavy (non-hydrogen) atoms. The average Bonchev–Trinajstić information content (AvgIpc) is 1.88. The Kier molecular flexibility index (Phi) is 1.99. The average molecular weight is 135 g/mol. The van der Waals surface area contributed by atoms with Crippen molar-refractivity contribution < 1.29 is 4.79 Å². The van der Waals surface area contributed by atoms with Crippen LogP contribution in [0.4, 0.5) is 5.69 Å². The highest BCUT2D eigenvalue weighted by Crippen LogP contribution is 2.00. The van der Waals surface area contributed by atoms with Crippen LogP contribution in [0, 0.1) is 6.20 Å². The van der Waals surface area contributed by atoms with Crippen molar-refractivity contribution in [2.75, 3.05) is 5.32 Å². The van der Waals surface area contributed by atoms with Gasteiger partial charge in [-0.15, -0.1) is 0 Å². The van der Waals surface area contributed by atoms with Crippen molar-refractivity contribution in [3.8, 4) is 0 Å². The Morgan fingerprint density at radius 3 is 3.10 bits per heavy atom. The minimum atomic E-state index is -0.0898. The van der Waals surface area contributed by atoms with E-state index in [1.807, 2.05) is 0 Å². The van der Waals surface area contributed by atoms with Gasteiger partial charge in [0.1, 0.15) is 0 Å². The van der Waals surface area contributed by atoms with Gasteiger partial charge in [-0.1, -0.05) is 0 Å². The summed E-state index contributed by atoms with van der Waals surface area (Å²) in [6.07, 6.45) is 4.15. The first-order valence-electron chi connectivity index (χ1n) is 2.89. The van der Waals surface area contributed by atoms with Crippen molar-refractivity contribution in [3.05, 3.63) is 24.5 Å². The maximum atomic E-state index is 10.5. The fraction of sp³-hybridized carbons (Fsp3) is 0.143. The van der Waals surface area contributed by atoms with Gasteiger partial charge in [0.15, 0.2) is 0 Å². The molecule has 0 aromatic carbocycles. The summed E-state index contributed by atoms with van der Waals surface area (Å²) in [4.78, 5) is 14.2. The Balaban J connectivity index is 2.67. The fourth-order valence-corrected chi connectivity index (χ4v) is 0.597. The molecule has 3 nitrogen and oxygen atoms in total. The summed E-state index contributed by atoms with van der Waals surface area (Å²) in [5.74, 6) is -0.0898. The number of carbonyl (C=O) groups excluding carboxylic acids is 1. The van der Waals surface area contributed by atoms with Crippen molar-refractivity contribution in [1.29, 1.82) is 0 Å². The first-order valence-corrected chi connectivity index (χ1v) is 2.89. The Morgan fingerprint density at radius 2 is 2.60 bits per heavy atom. The van der Waals surface area contributed by atoms with Gasteiger partial charge in [0.05, 0.1) is 18.1 Å². The lowest BCUT2D eigenvalue weighted by Gasteiger charge is -1.97. The summed E-state index contributed by atoms with van der Waals surface area (Å²) < 4.78 is 0. The van der Waals surface area contributed by atoms with E-state index in [4.69, 9.17) is 0 Å². The Labute approximate surface area is 59.1 Å². The predicted molar refractivity (Wildman–Crippen MR) is 37.4 cm³/mol. The van der Waals surface area contributed by atoms with Crippen molar-refractivity contribution in [2.45, 2.75) is 6.92 Å². The van der Waals surface area contributed by atoms with Gasteiger partial charge in [0.25, 0.3) is 0 Å². The summed E-state index contributed by atoms with van der Waals surface area (Å²) in [5.41, 5.74) is 0.700. The number of nitrogens with zero attached hydrogens (tertiary/aromatic N) is 1. The normalized spacial score (nSPS) is 8.90. The van der Waals surface area contributed by atoms with Crippen LogP contribution in [0.25, 0.3) is 0 Å². The molecule has 0 aliphatic rings. The van der Waals surface area contributed by atoms with E-state index in [1.165, 1.54) is 6.92 Å². The van der Waals surface area contributed by atoms with Gasteiger partial charge in [-0.05, 0) is 12.1 Å². The lowest BCUT2D eigenvalue weighted by Crippen LogP contribution is -2.05. The number of anilines is 1. The Bertz CT molecular complexity index is 220. The molecule has 51 valence electrons. The van der Waals surface area contributed by atoms with E-state index in [0.29, 0.717) is 5.69 Å². The molecule has 1 N–H and O–H groups in total. The molecule has 0 saturated carbocycles. The van der Waals surface area contributed by atoms with E-state index in [1.54, 1.807) is 18.3 Å². The number of pyridine rings is 1. The number of aromatic nitrogens is 1. The Hall–Kier alpha value is -1.38. The second-order valence-electron chi connectivity index (χ2n) is 1.86. The standard InChI is InChI=1S/C7H7N2O/c1-6(10)9-7-3-2-4-8-5-7/h2-3,5H,1H3,(H,9,10). The molecule has 0 fully saturated rings. The zero-order valence-corrected chi connectivity index (χ0v) is 5.59. The number of nitrogens with one attached hydrogen (secondary N) is 1. The van der Waals surface area contributed by atoms with Crippen LogP contribution in [0.15, 0.2) is 18.3 Å². The van der Waals surface area contributed by atoms with Gasteiger partial charge >= 0.3 is 0 Å². The largest absolute Gasteiger partial charge is 0.325 e. The summed E-state index contributed by atoms with van der Waals surface area (Å²) in [6, 6.07) is 3.37. The second kappa shape index (κ2) is 2.96. The van der Waals surface area contributed by atoms with E-state index in [9.17, 15) is 4.79 Å². The third-order valence-electron chi connectivity index (χ3n) is 0.936. The maximum absolute atomic E-state index is 10.5. The van der Waals surface area contributed by atoms with Crippen LogP contribution in [0.5, 0.6) is 0 Å². The molecule has 0 aliphatic carbocycles. The molecular formula is C7H7N2O. The van der Waals surface area contributed by atoms with E-state index >= 15 is 0 Å². The molecule has 0 aliphatic heterocycles. The van der Waals surface area contributed by atoms with Crippen molar-refractivity contribution in [3.63, 3.8) is 0 Å². The number of hydrogen-bond acceptors (Lipinski definition) is 2.